The molecule has 0 spiro atoms. The van der Waals surface area contributed by atoms with Gasteiger partial charge in [0.2, 0.25) is 10.0 Å². The van der Waals surface area contributed by atoms with Crippen molar-refractivity contribution in [1.29, 1.82) is 0 Å². The van der Waals surface area contributed by atoms with E-state index >= 15 is 0 Å². The number of anilines is 1. The van der Waals surface area contributed by atoms with Crippen molar-refractivity contribution in [1.82, 2.24) is 9.29 Å². The number of amides is 1. The summed E-state index contributed by atoms with van der Waals surface area (Å²) in [5.41, 5.74) is 2.35. The number of rotatable bonds is 5. The minimum atomic E-state index is -3.66. The molecule has 168 valence electrons. The minimum Gasteiger partial charge on any atom is -0.321 e. The summed E-state index contributed by atoms with van der Waals surface area (Å²) in [4.78, 5) is 17.9. The summed E-state index contributed by atoms with van der Waals surface area (Å²) in [6.07, 6.45) is 1.67. The Morgan fingerprint density at radius 2 is 1.73 bits per heavy atom. The number of sulfonamides is 1. The standard InChI is InChI=1S/C24H20ClN3O3S2/c25-19-12-11-16(33(30,31)28-13-5-6-14-28)15-18(19)23(29)26-20-8-2-1-7-17(20)24-27-21-9-3-4-10-22(21)32-24/h1-4,7-12,15H,5-6,13-14H2,(H,26,29). The molecule has 1 aromatic heterocycles. The molecule has 1 aliphatic rings. The Kier molecular flexibility index (Phi) is 5.92. The van der Waals surface area contributed by atoms with Gasteiger partial charge >= 0.3 is 0 Å². The zero-order valence-corrected chi connectivity index (χ0v) is 19.9. The van der Waals surface area contributed by atoms with E-state index in [4.69, 9.17) is 11.6 Å². The van der Waals surface area contributed by atoms with Crippen LogP contribution in [0, 0.1) is 0 Å². The Hall–Kier alpha value is -2.78. The zero-order valence-electron chi connectivity index (χ0n) is 17.5. The fraction of sp³-hybridized carbons (Fsp3) is 0.167. The van der Waals surface area contributed by atoms with E-state index in [0.29, 0.717) is 18.8 Å². The van der Waals surface area contributed by atoms with Crippen LogP contribution in [0.5, 0.6) is 0 Å². The van der Waals surface area contributed by atoms with Gasteiger partial charge in [0.1, 0.15) is 5.01 Å². The van der Waals surface area contributed by atoms with Crippen LogP contribution in [0.25, 0.3) is 20.8 Å². The van der Waals surface area contributed by atoms with Crippen molar-refractivity contribution in [3.05, 3.63) is 77.3 Å². The molecule has 0 unspecified atom stereocenters. The molecule has 0 atom stereocenters. The van der Waals surface area contributed by atoms with Crippen LogP contribution in [0.4, 0.5) is 5.69 Å². The average molecular weight is 498 g/mol. The molecule has 1 fully saturated rings. The number of aromatic nitrogens is 1. The van der Waals surface area contributed by atoms with Gasteiger partial charge in [0.05, 0.1) is 31.4 Å². The molecule has 9 heteroatoms. The summed E-state index contributed by atoms with van der Waals surface area (Å²) < 4.78 is 28.4. The van der Waals surface area contributed by atoms with Crippen molar-refractivity contribution in [3.63, 3.8) is 0 Å². The normalized spacial score (nSPS) is 14.6. The topological polar surface area (TPSA) is 79.4 Å². The summed E-state index contributed by atoms with van der Waals surface area (Å²) in [7, 11) is -3.66. The molecule has 3 aromatic carbocycles. The second kappa shape index (κ2) is 8.87. The van der Waals surface area contributed by atoms with Crippen LogP contribution in [0.15, 0.2) is 71.6 Å². The molecule has 0 radical (unpaired) electrons. The van der Waals surface area contributed by atoms with Gasteiger partial charge in [-0.05, 0) is 55.3 Å². The lowest BCUT2D eigenvalue weighted by Crippen LogP contribution is -2.28. The second-order valence-electron chi connectivity index (χ2n) is 7.74. The number of carbonyl (C=O) groups excluding carboxylic acids is 1. The monoisotopic (exact) mass is 497 g/mol. The molecule has 2 heterocycles. The lowest BCUT2D eigenvalue weighted by Gasteiger charge is -2.16. The van der Waals surface area contributed by atoms with Crippen LogP contribution in [-0.2, 0) is 10.0 Å². The van der Waals surface area contributed by atoms with Gasteiger partial charge in [-0.3, -0.25) is 4.79 Å². The largest absolute Gasteiger partial charge is 0.321 e. The van der Waals surface area contributed by atoms with Crippen molar-refractivity contribution in [3.8, 4) is 10.6 Å². The van der Waals surface area contributed by atoms with Gasteiger partial charge in [0.15, 0.2) is 0 Å². The number of hydrogen-bond donors (Lipinski definition) is 1. The molecule has 5 rings (SSSR count). The highest BCUT2D eigenvalue weighted by atomic mass is 35.5. The third-order valence-electron chi connectivity index (χ3n) is 5.58. The molecule has 1 amide bonds. The van der Waals surface area contributed by atoms with E-state index in [1.54, 1.807) is 6.07 Å². The Balaban J connectivity index is 1.47. The van der Waals surface area contributed by atoms with E-state index in [-0.39, 0.29) is 15.5 Å². The predicted octanol–water partition coefficient (Wildman–Crippen LogP) is 5.65. The molecule has 33 heavy (non-hydrogen) atoms. The zero-order chi connectivity index (χ0) is 23.0. The highest BCUT2D eigenvalue weighted by Gasteiger charge is 2.28. The quantitative estimate of drug-likeness (QED) is 0.386. The van der Waals surface area contributed by atoms with Gasteiger partial charge in [0.25, 0.3) is 5.91 Å². The Bertz CT molecular complexity index is 1430. The fourth-order valence-electron chi connectivity index (χ4n) is 3.87. The summed E-state index contributed by atoms with van der Waals surface area (Å²) >= 11 is 7.83. The number of carbonyl (C=O) groups is 1. The van der Waals surface area contributed by atoms with E-state index in [1.165, 1.54) is 33.8 Å². The highest BCUT2D eigenvalue weighted by molar-refractivity contribution is 7.89. The van der Waals surface area contributed by atoms with Crippen LogP contribution in [0.1, 0.15) is 23.2 Å². The lowest BCUT2D eigenvalue weighted by atomic mass is 10.1. The number of thiazole rings is 1. The number of hydrogen-bond acceptors (Lipinski definition) is 5. The second-order valence-corrected chi connectivity index (χ2v) is 11.1. The van der Waals surface area contributed by atoms with Gasteiger partial charge in [-0.2, -0.15) is 4.31 Å². The number of nitrogens with zero attached hydrogens (tertiary/aromatic N) is 2. The van der Waals surface area contributed by atoms with Gasteiger partial charge < -0.3 is 5.32 Å². The van der Waals surface area contributed by atoms with Crippen LogP contribution in [-0.4, -0.2) is 36.7 Å². The van der Waals surface area contributed by atoms with Gasteiger partial charge in [-0.25, -0.2) is 13.4 Å². The number of para-hydroxylation sites is 2. The van der Waals surface area contributed by atoms with Crippen molar-refractivity contribution in [2.45, 2.75) is 17.7 Å². The molecule has 1 aliphatic heterocycles. The summed E-state index contributed by atoms with van der Waals surface area (Å²) in [6, 6.07) is 19.5. The van der Waals surface area contributed by atoms with Crippen LogP contribution >= 0.6 is 22.9 Å². The van der Waals surface area contributed by atoms with Crippen molar-refractivity contribution in [2.75, 3.05) is 18.4 Å². The summed E-state index contributed by atoms with van der Waals surface area (Å²) in [5, 5.41) is 3.86. The lowest BCUT2D eigenvalue weighted by molar-refractivity contribution is 0.102. The Morgan fingerprint density at radius 3 is 2.52 bits per heavy atom. The first-order valence-electron chi connectivity index (χ1n) is 10.5. The number of nitrogens with one attached hydrogen (secondary N) is 1. The maximum absolute atomic E-state index is 13.2. The number of benzene rings is 3. The van der Waals surface area contributed by atoms with E-state index in [2.05, 4.69) is 10.3 Å². The smallest absolute Gasteiger partial charge is 0.257 e. The molecule has 0 aliphatic carbocycles. The van der Waals surface area contributed by atoms with Crippen molar-refractivity contribution in [2.24, 2.45) is 0 Å². The Morgan fingerprint density at radius 1 is 1.00 bits per heavy atom. The third kappa shape index (κ3) is 4.27. The molecule has 1 saturated heterocycles. The van der Waals surface area contributed by atoms with Gasteiger partial charge in [-0.15, -0.1) is 11.3 Å². The van der Waals surface area contributed by atoms with Gasteiger partial charge in [-0.1, -0.05) is 35.9 Å². The molecule has 0 saturated carbocycles. The molecular weight excluding hydrogens is 478 g/mol. The van der Waals surface area contributed by atoms with Gasteiger partial charge in [0, 0.05) is 18.7 Å². The molecule has 0 bridgehead atoms. The number of fused-ring (bicyclic) bond motifs is 1. The fourth-order valence-corrected chi connectivity index (χ4v) is 6.62. The van der Waals surface area contributed by atoms with E-state index in [1.807, 2.05) is 42.5 Å². The van der Waals surface area contributed by atoms with E-state index in [9.17, 15) is 13.2 Å². The van der Waals surface area contributed by atoms with E-state index < -0.39 is 15.9 Å². The van der Waals surface area contributed by atoms with Crippen molar-refractivity contribution < 1.29 is 13.2 Å². The first-order chi connectivity index (χ1) is 15.9. The maximum atomic E-state index is 13.2. The SMILES string of the molecule is O=C(Nc1ccccc1-c1nc2ccccc2s1)c1cc(S(=O)(=O)N2CCCC2)ccc1Cl. The number of halogens is 1. The first-order valence-corrected chi connectivity index (χ1v) is 13.1. The average Bonchev–Trinajstić information content (AvgIpc) is 3.50. The highest BCUT2D eigenvalue weighted by Crippen LogP contribution is 2.35. The summed E-state index contributed by atoms with van der Waals surface area (Å²) in [5.74, 6) is -0.480. The Labute approximate surface area is 200 Å². The van der Waals surface area contributed by atoms with Crippen LogP contribution in [0.3, 0.4) is 0 Å². The predicted molar refractivity (Wildman–Crippen MR) is 132 cm³/mol. The molecule has 6 nitrogen and oxygen atoms in total. The molecule has 1 N–H and O–H groups in total. The van der Waals surface area contributed by atoms with Crippen molar-refractivity contribution >= 4 is 54.8 Å². The molecule has 4 aromatic rings. The third-order valence-corrected chi connectivity index (χ3v) is 8.88. The van der Waals surface area contributed by atoms with Crippen LogP contribution < -0.4 is 5.32 Å². The summed E-state index contributed by atoms with van der Waals surface area (Å²) in [6.45, 7) is 0.976. The first kappa shape index (κ1) is 22.0. The van der Waals surface area contributed by atoms with Crippen LogP contribution in [0.2, 0.25) is 5.02 Å². The molecular formula is C24H20ClN3O3S2. The maximum Gasteiger partial charge on any atom is 0.257 e. The van der Waals surface area contributed by atoms with E-state index in [0.717, 1.165) is 33.6 Å². The minimum absolute atomic E-state index is 0.0680.